The Morgan fingerprint density at radius 2 is 2.18 bits per heavy atom. The Morgan fingerprint density at radius 1 is 1.45 bits per heavy atom. The molecular formula is C11H16. The van der Waals surface area contributed by atoms with Crippen molar-refractivity contribution < 1.29 is 0 Å². The maximum absolute atomic E-state index is 2.30. The Morgan fingerprint density at radius 3 is 2.73 bits per heavy atom. The maximum atomic E-state index is 2.30. The molecule has 0 spiro atoms. The van der Waals surface area contributed by atoms with E-state index >= 15 is 0 Å². The Bertz CT molecular complexity index is 216. The molecule has 60 valence electrons. The Hall–Kier alpha value is -0.780. The van der Waals surface area contributed by atoms with E-state index in [0.29, 0.717) is 5.92 Å². The van der Waals surface area contributed by atoms with Crippen molar-refractivity contribution in [2.75, 3.05) is 0 Å². The molecule has 0 saturated heterocycles. The molecule has 1 unspecified atom stereocenters. The number of hydrogen-bond acceptors (Lipinski definition) is 0. The normalized spacial score (nSPS) is 25.2. The largest absolute Gasteiger partial charge is 0.0910 e. The SMILES string of the molecule is CC=CC1CC=C(C)C=C1C. The molecule has 1 atom stereocenters. The van der Waals surface area contributed by atoms with Gasteiger partial charge in [0, 0.05) is 5.92 Å². The second-order valence-electron chi connectivity index (χ2n) is 3.20. The first-order valence-electron chi connectivity index (χ1n) is 4.22. The minimum atomic E-state index is 0.656. The third kappa shape index (κ3) is 2.07. The summed E-state index contributed by atoms with van der Waals surface area (Å²) in [7, 11) is 0. The van der Waals surface area contributed by atoms with Crippen LogP contribution in [0.15, 0.2) is 35.5 Å². The highest BCUT2D eigenvalue weighted by molar-refractivity contribution is 5.29. The van der Waals surface area contributed by atoms with Gasteiger partial charge in [-0.15, -0.1) is 0 Å². The first kappa shape index (κ1) is 8.32. The van der Waals surface area contributed by atoms with Crippen LogP contribution in [0.3, 0.4) is 0 Å². The second kappa shape index (κ2) is 3.56. The molecular weight excluding hydrogens is 132 g/mol. The summed E-state index contributed by atoms with van der Waals surface area (Å²) in [5.41, 5.74) is 2.89. The van der Waals surface area contributed by atoms with E-state index in [1.54, 1.807) is 0 Å². The van der Waals surface area contributed by atoms with Gasteiger partial charge in [0.15, 0.2) is 0 Å². The lowest BCUT2D eigenvalue weighted by atomic mass is 9.90. The van der Waals surface area contributed by atoms with Gasteiger partial charge in [-0.3, -0.25) is 0 Å². The van der Waals surface area contributed by atoms with Gasteiger partial charge < -0.3 is 0 Å². The molecule has 0 aromatic carbocycles. The second-order valence-corrected chi connectivity index (χ2v) is 3.20. The highest BCUT2D eigenvalue weighted by atomic mass is 14.1. The molecule has 0 heterocycles. The van der Waals surface area contributed by atoms with Crippen LogP contribution < -0.4 is 0 Å². The van der Waals surface area contributed by atoms with Crippen LogP contribution in [-0.2, 0) is 0 Å². The third-order valence-electron chi connectivity index (χ3n) is 2.16. The van der Waals surface area contributed by atoms with Crippen molar-refractivity contribution in [3.63, 3.8) is 0 Å². The molecule has 0 bridgehead atoms. The van der Waals surface area contributed by atoms with E-state index in [2.05, 4.69) is 45.1 Å². The first-order valence-corrected chi connectivity index (χ1v) is 4.22. The molecule has 0 fully saturated rings. The van der Waals surface area contributed by atoms with E-state index < -0.39 is 0 Å². The summed E-state index contributed by atoms with van der Waals surface area (Å²) in [6.45, 7) is 6.45. The number of allylic oxidation sites excluding steroid dienone is 6. The molecule has 0 amide bonds. The molecule has 1 rings (SSSR count). The number of rotatable bonds is 1. The van der Waals surface area contributed by atoms with Crippen molar-refractivity contribution in [2.24, 2.45) is 5.92 Å². The van der Waals surface area contributed by atoms with Gasteiger partial charge in [0.05, 0.1) is 0 Å². The highest BCUT2D eigenvalue weighted by Crippen LogP contribution is 2.24. The molecule has 0 nitrogen and oxygen atoms in total. The van der Waals surface area contributed by atoms with Crippen molar-refractivity contribution in [2.45, 2.75) is 27.2 Å². The van der Waals surface area contributed by atoms with Crippen LogP contribution in [0, 0.1) is 5.92 Å². The van der Waals surface area contributed by atoms with Crippen LogP contribution in [0.5, 0.6) is 0 Å². The van der Waals surface area contributed by atoms with Crippen molar-refractivity contribution in [1.82, 2.24) is 0 Å². The van der Waals surface area contributed by atoms with Crippen molar-refractivity contribution in [3.8, 4) is 0 Å². The number of hydrogen-bond donors (Lipinski definition) is 0. The van der Waals surface area contributed by atoms with Gasteiger partial charge in [0.25, 0.3) is 0 Å². The molecule has 0 radical (unpaired) electrons. The van der Waals surface area contributed by atoms with Crippen LogP contribution in [0.25, 0.3) is 0 Å². The first-order chi connectivity index (χ1) is 5.24. The summed E-state index contributed by atoms with van der Waals surface area (Å²) in [6, 6.07) is 0. The highest BCUT2D eigenvalue weighted by Gasteiger charge is 2.08. The molecule has 0 heteroatoms. The van der Waals surface area contributed by atoms with Crippen LogP contribution in [-0.4, -0.2) is 0 Å². The topological polar surface area (TPSA) is 0 Å². The standard InChI is InChI=1S/C11H16/c1-4-5-11-7-6-9(2)8-10(11)3/h4-6,8,11H,7H2,1-3H3. The molecule has 1 aliphatic rings. The van der Waals surface area contributed by atoms with Crippen molar-refractivity contribution in [3.05, 3.63) is 35.5 Å². The van der Waals surface area contributed by atoms with E-state index in [0.717, 1.165) is 0 Å². The molecule has 0 aromatic rings. The van der Waals surface area contributed by atoms with Crippen LogP contribution in [0.2, 0.25) is 0 Å². The van der Waals surface area contributed by atoms with E-state index in [1.165, 1.54) is 17.6 Å². The van der Waals surface area contributed by atoms with Crippen LogP contribution in [0.4, 0.5) is 0 Å². The van der Waals surface area contributed by atoms with Crippen molar-refractivity contribution >= 4 is 0 Å². The Kier molecular flexibility index (Phi) is 2.70. The molecule has 0 aliphatic heterocycles. The summed E-state index contributed by atoms with van der Waals surface area (Å²) in [4.78, 5) is 0. The molecule has 1 aliphatic carbocycles. The minimum absolute atomic E-state index is 0.656. The summed E-state index contributed by atoms with van der Waals surface area (Å²) in [5.74, 6) is 0.656. The average Bonchev–Trinajstić information content (AvgIpc) is 1.95. The van der Waals surface area contributed by atoms with E-state index in [-0.39, 0.29) is 0 Å². The van der Waals surface area contributed by atoms with E-state index in [9.17, 15) is 0 Å². The zero-order valence-corrected chi connectivity index (χ0v) is 7.59. The summed E-state index contributed by atoms with van der Waals surface area (Å²) in [6.07, 6.45) is 10.2. The van der Waals surface area contributed by atoms with Gasteiger partial charge in [0.2, 0.25) is 0 Å². The summed E-state index contributed by atoms with van der Waals surface area (Å²) < 4.78 is 0. The molecule has 0 aromatic heterocycles. The average molecular weight is 148 g/mol. The van der Waals surface area contributed by atoms with Gasteiger partial charge in [-0.1, -0.05) is 35.5 Å². The van der Waals surface area contributed by atoms with E-state index in [1.807, 2.05) is 0 Å². The van der Waals surface area contributed by atoms with Gasteiger partial charge in [0.1, 0.15) is 0 Å². The third-order valence-corrected chi connectivity index (χ3v) is 2.16. The fraction of sp³-hybridized carbons (Fsp3) is 0.455. The smallest absolute Gasteiger partial charge is 0.00118 e. The Labute approximate surface area is 69.3 Å². The van der Waals surface area contributed by atoms with E-state index in [4.69, 9.17) is 0 Å². The lowest BCUT2D eigenvalue weighted by Crippen LogP contribution is -2.01. The maximum Gasteiger partial charge on any atom is 0.00118 e. The monoisotopic (exact) mass is 148 g/mol. The van der Waals surface area contributed by atoms with Gasteiger partial charge in [-0.25, -0.2) is 0 Å². The van der Waals surface area contributed by atoms with Gasteiger partial charge >= 0.3 is 0 Å². The molecule has 11 heavy (non-hydrogen) atoms. The summed E-state index contributed by atoms with van der Waals surface area (Å²) >= 11 is 0. The Balaban J connectivity index is 2.71. The minimum Gasteiger partial charge on any atom is -0.0910 e. The predicted octanol–water partition coefficient (Wildman–Crippen LogP) is 3.48. The van der Waals surface area contributed by atoms with Crippen molar-refractivity contribution in [1.29, 1.82) is 0 Å². The van der Waals surface area contributed by atoms with Crippen LogP contribution >= 0.6 is 0 Å². The predicted molar refractivity (Wildman–Crippen MR) is 50.4 cm³/mol. The fourth-order valence-corrected chi connectivity index (χ4v) is 1.49. The lowest BCUT2D eigenvalue weighted by molar-refractivity contribution is 0.756. The quantitative estimate of drug-likeness (QED) is 0.499. The molecule has 0 saturated carbocycles. The fourth-order valence-electron chi connectivity index (χ4n) is 1.49. The van der Waals surface area contributed by atoms with Crippen LogP contribution in [0.1, 0.15) is 27.2 Å². The zero-order chi connectivity index (χ0) is 8.27. The lowest BCUT2D eigenvalue weighted by Gasteiger charge is -2.16. The van der Waals surface area contributed by atoms with Gasteiger partial charge in [-0.2, -0.15) is 0 Å². The van der Waals surface area contributed by atoms with Gasteiger partial charge in [-0.05, 0) is 27.2 Å². The summed E-state index contributed by atoms with van der Waals surface area (Å²) in [5, 5.41) is 0. The zero-order valence-electron chi connectivity index (χ0n) is 7.59. The molecule has 0 N–H and O–H groups in total.